The highest BCUT2D eigenvalue weighted by Crippen LogP contribution is 2.34. The van der Waals surface area contributed by atoms with Crippen molar-refractivity contribution in [3.8, 4) is 11.5 Å². The average molecular weight is 512 g/mol. The van der Waals surface area contributed by atoms with Crippen molar-refractivity contribution in [1.29, 1.82) is 0 Å². The number of carbonyl (C=O) groups excluding carboxylic acids is 3. The van der Waals surface area contributed by atoms with Crippen LogP contribution in [0.2, 0.25) is 0 Å². The van der Waals surface area contributed by atoms with Crippen LogP contribution in [-0.2, 0) is 14.3 Å². The van der Waals surface area contributed by atoms with Crippen LogP contribution < -0.4 is 19.7 Å². The molecule has 9 nitrogen and oxygen atoms in total. The molecule has 190 valence electrons. The summed E-state index contributed by atoms with van der Waals surface area (Å²) in [6.07, 6.45) is 2.48. The van der Waals surface area contributed by atoms with Gasteiger partial charge in [0, 0.05) is 24.5 Å². The number of hydrogen-bond donors (Lipinski definition) is 1. The number of rotatable bonds is 9. The van der Waals surface area contributed by atoms with Gasteiger partial charge in [0.05, 0.1) is 31.8 Å². The lowest BCUT2D eigenvalue weighted by Gasteiger charge is -2.28. The number of carbonyl (C=O) groups is 3. The Balaban J connectivity index is 1.37. The number of benzene rings is 2. The van der Waals surface area contributed by atoms with Crippen LogP contribution in [0, 0.1) is 0 Å². The van der Waals surface area contributed by atoms with E-state index in [2.05, 4.69) is 10.2 Å². The normalized spacial score (nSPS) is 17.0. The minimum atomic E-state index is -0.506. The molecular weight excluding hydrogens is 482 g/mol. The van der Waals surface area contributed by atoms with Gasteiger partial charge in [-0.15, -0.1) is 0 Å². The lowest BCUT2D eigenvalue weighted by Crippen LogP contribution is -2.36. The maximum absolute atomic E-state index is 12.9. The third-order valence-electron chi connectivity index (χ3n) is 5.65. The van der Waals surface area contributed by atoms with E-state index in [0.717, 1.165) is 41.9 Å². The van der Waals surface area contributed by atoms with Crippen molar-refractivity contribution in [2.75, 3.05) is 56.8 Å². The van der Waals surface area contributed by atoms with Gasteiger partial charge in [-0.25, -0.2) is 0 Å². The fourth-order valence-electron chi connectivity index (χ4n) is 3.81. The van der Waals surface area contributed by atoms with Crippen molar-refractivity contribution in [3.63, 3.8) is 0 Å². The first kappa shape index (κ1) is 25.6. The molecule has 3 amide bonds. The number of thioether (sulfide) groups is 1. The number of nitrogens with zero attached hydrogens (tertiary/aromatic N) is 2. The first-order valence-electron chi connectivity index (χ1n) is 11.8. The van der Waals surface area contributed by atoms with Gasteiger partial charge in [-0.3, -0.25) is 19.3 Å². The van der Waals surface area contributed by atoms with Gasteiger partial charge in [-0.2, -0.15) is 0 Å². The fourth-order valence-corrected chi connectivity index (χ4v) is 4.65. The first-order valence-corrected chi connectivity index (χ1v) is 12.6. The third-order valence-corrected chi connectivity index (χ3v) is 6.56. The van der Waals surface area contributed by atoms with Crippen LogP contribution in [0.15, 0.2) is 47.4 Å². The highest BCUT2D eigenvalue weighted by Gasteiger charge is 2.36. The number of nitrogens with one attached hydrogen (secondary N) is 1. The van der Waals surface area contributed by atoms with Gasteiger partial charge < -0.3 is 24.4 Å². The molecule has 0 aliphatic carbocycles. The van der Waals surface area contributed by atoms with Crippen molar-refractivity contribution in [2.24, 2.45) is 0 Å². The van der Waals surface area contributed by atoms with Crippen LogP contribution in [0.3, 0.4) is 0 Å². The van der Waals surface area contributed by atoms with Crippen LogP contribution in [0.25, 0.3) is 6.08 Å². The molecule has 2 aliphatic heterocycles. The van der Waals surface area contributed by atoms with Gasteiger partial charge in [0.15, 0.2) is 11.5 Å². The van der Waals surface area contributed by atoms with E-state index in [-0.39, 0.29) is 11.4 Å². The summed E-state index contributed by atoms with van der Waals surface area (Å²) in [7, 11) is 1.54. The third kappa shape index (κ3) is 6.19. The SMILES string of the molecule is CCCOc1ccc(/C=C2\SC(=O)N(CC(=O)Nc3ccc(N4CCOCC4)cc3)C2=O)cc1OC. The van der Waals surface area contributed by atoms with E-state index < -0.39 is 17.1 Å². The Morgan fingerprint density at radius 2 is 1.86 bits per heavy atom. The number of hydrogen-bond acceptors (Lipinski definition) is 8. The maximum atomic E-state index is 12.9. The van der Waals surface area contributed by atoms with Gasteiger partial charge in [0.25, 0.3) is 11.1 Å². The summed E-state index contributed by atoms with van der Waals surface area (Å²) in [4.78, 5) is 41.3. The number of morpholine rings is 1. The fraction of sp³-hybridized carbons (Fsp3) is 0.346. The molecule has 2 aromatic carbocycles. The molecule has 36 heavy (non-hydrogen) atoms. The van der Waals surface area contributed by atoms with Gasteiger partial charge in [0.1, 0.15) is 6.54 Å². The van der Waals surface area contributed by atoms with Crippen molar-refractivity contribution < 1.29 is 28.6 Å². The Hall–Kier alpha value is -3.50. The minimum Gasteiger partial charge on any atom is -0.493 e. The smallest absolute Gasteiger partial charge is 0.294 e. The van der Waals surface area contributed by atoms with Crippen molar-refractivity contribution in [2.45, 2.75) is 13.3 Å². The van der Waals surface area contributed by atoms with Crippen LogP contribution in [0.4, 0.5) is 16.2 Å². The quantitative estimate of drug-likeness (QED) is 0.505. The van der Waals surface area contributed by atoms with E-state index in [4.69, 9.17) is 14.2 Å². The number of amides is 3. The second-order valence-corrected chi connectivity index (χ2v) is 9.21. The summed E-state index contributed by atoms with van der Waals surface area (Å²) in [5, 5.41) is 2.27. The molecule has 10 heteroatoms. The molecule has 2 heterocycles. The zero-order valence-corrected chi connectivity index (χ0v) is 21.1. The topological polar surface area (TPSA) is 97.4 Å². The average Bonchev–Trinajstić information content (AvgIpc) is 3.15. The highest BCUT2D eigenvalue weighted by atomic mass is 32.2. The highest BCUT2D eigenvalue weighted by molar-refractivity contribution is 8.18. The van der Waals surface area contributed by atoms with E-state index >= 15 is 0 Å². The molecule has 0 unspecified atom stereocenters. The van der Waals surface area contributed by atoms with Crippen molar-refractivity contribution >= 4 is 46.3 Å². The number of ether oxygens (including phenoxy) is 3. The molecule has 2 aliphatic rings. The number of imide groups is 1. The van der Waals surface area contributed by atoms with Gasteiger partial charge in [-0.05, 0) is 66.2 Å². The van der Waals surface area contributed by atoms with E-state index in [0.29, 0.717) is 42.6 Å². The maximum Gasteiger partial charge on any atom is 0.294 e. The summed E-state index contributed by atoms with van der Waals surface area (Å²) in [6, 6.07) is 12.8. The Labute approximate surface area is 214 Å². The number of methoxy groups -OCH3 is 1. The molecule has 0 radical (unpaired) electrons. The summed E-state index contributed by atoms with van der Waals surface area (Å²) >= 11 is 0.805. The van der Waals surface area contributed by atoms with Gasteiger partial charge in [-0.1, -0.05) is 13.0 Å². The lowest BCUT2D eigenvalue weighted by atomic mass is 10.2. The van der Waals surface area contributed by atoms with Crippen LogP contribution in [-0.4, -0.2) is 68.5 Å². The molecule has 4 rings (SSSR count). The molecule has 0 bridgehead atoms. The molecule has 2 saturated heterocycles. The Kier molecular flexibility index (Phi) is 8.50. The molecular formula is C26H29N3O6S. The zero-order valence-electron chi connectivity index (χ0n) is 20.3. The lowest BCUT2D eigenvalue weighted by molar-refractivity contribution is -0.127. The molecule has 1 N–H and O–H groups in total. The second kappa shape index (κ2) is 12.0. The van der Waals surface area contributed by atoms with Gasteiger partial charge in [0.2, 0.25) is 5.91 Å². The monoisotopic (exact) mass is 511 g/mol. The summed E-state index contributed by atoms with van der Waals surface area (Å²) in [6.45, 7) is 5.24. The first-order chi connectivity index (χ1) is 17.5. The predicted octanol–water partition coefficient (Wildman–Crippen LogP) is 4.00. The van der Waals surface area contributed by atoms with E-state index in [1.165, 1.54) is 0 Å². The Bertz CT molecular complexity index is 1140. The largest absolute Gasteiger partial charge is 0.493 e. The van der Waals surface area contributed by atoms with Crippen LogP contribution >= 0.6 is 11.8 Å². The van der Waals surface area contributed by atoms with Crippen LogP contribution in [0.1, 0.15) is 18.9 Å². The zero-order chi connectivity index (χ0) is 25.5. The summed E-state index contributed by atoms with van der Waals surface area (Å²) < 4.78 is 16.4. The number of anilines is 2. The molecule has 0 saturated carbocycles. The van der Waals surface area contributed by atoms with Crippen molar-refractivity contribution in [1.82, 2.24) is 4.90 Å². The molecule has 0 aromatic heterocycles. The van der Waals surface area contributed by atoms with Crippen LogP contribution in [0.5, 0.6) is 11.5 Å². The predicted molar refractivity (Wildman–Crippen MR) is 140 cm³/mol. The van der Waals surface area contributed by atoms with E-state index in [9.17, 15) is 14.4 Å². The standard InChI is InChI=1S/C26H29N3O6S/c1-3-12-35-21-9-4-18(15-22(21)33-2)16-23-25(31)29(26(32)36-23)17-24(30)27-19-5-7-20(8-6-19)28-10-13-34-14-11-28/h4-9,15-16H,3,10-14,17H2,1-2H3,(H,27,30)/b23-16-. The molecule has 0 spiro atoms. The second-order valence-electron chi connectivity index (χ2n) is 8.22. The molecule has 0 atom stereocenters. The summed E-state index contributed by atoms with van der Waals surface area (Å²) in [5.74, 6) is 0.194. The van der Waals surface area contributed by atoms with Crippen molar-refractivity contribution in [3.05, 3.63) is 52.9 Å². The van der Waals surface area contributed by atoms with E-state index in [1.807, 2.05) is 19.1 Å². The Morgan fingerprint density at radius 3 is 2.56 bits per heavy atom. The molecule has 2 aromatic rings. The molecule has 2 fully saturated rings. The minimum absolute atomic E-state index is 0.243. The Morgan fingerprint density at radius 1 is 1.11 bits per heavy atom. The summed E-state index contributed by atoms with van der Waals surface area (Å²) in [5.41, 5.74) is 2.33. The van der Waals surface area contributed by atoms with E-state index in [1.54, 1.807) is 43.5 Å². The van der Waals surface area contributed by atoms with Gasteiger partial charge >= 0.3 is 0 Å².